The Morgan fingerprint density at radius 2 is 2.00 bits per heavy atom. The average Bonchev–Trinajstić information content (AvgIpc) is 2.82. The molecule has 2 heteroatoms. The van der Waals surface area contributed by atoms with Crippen molar-refractivity contribution in [2.75, 3.05) is 0 Å². The largest absolute Gasteiger partial charge is 0.388 e. The summed E-state index contributed by atoms with van der Waals surface area (Å²) in [6, 6.07) is 2.51. The maximum Gasteiger partial charge on any atom is 0.0863 e. The third-order valence-electron chi connectivity index (χ3n) is 5.29. The normalized spacial score (nSPS) is 44.8. The van der Waals surface area contributed by atoms with E-state index in [-0.39, 0.29) is 5.41 Å². The van der Waals surface area contributed by atoms with Gasteiger partial charge in [-0.05, 0) is 49.9 Å². The molecule has 0 aromatic heterocycles. The van der Waals surface area contributed by atoms with Gasteiger partial charge in [-0.15, -0.1) is 0 Å². The summed E-state index contributed by atoms with van der Waals surface area (Å²) >= 11 is 0. The van der Waals surface area contributed by atoms with Gasteiger partial charge in [-0.25, -0.2) is 0 Å². The Kier molecular flexibility index (Phi) is 3.02. The molecule has 2 saturated carbocycles. The van der Waals surface area contributed by atoms with E-state index in [4.69, 9.17) is 0 Å². The molecule has 3 unspecified atom stereocenters. The Hall–Kier alpha value is -0.550. The molecule has 2 nitrogen and oxygen atoms in total. The minimum atomic E-state index is -0.727. The van der Waals surface area contributed by atoms with Gasteiger partial charge in [-0.1, -0.05) is 27.2 Å². The van der Waals surface area contributed by atoms with Crippen molar-refractivity contribution in [3.63, 3.8) is 0 Å². The second-order valence-corrected chi connectivity index (χ2v) is 7.08. The van der Waals surface area contributed by atoms with E-state index in [0.29, 0.717) is 5.92 Å². The topological polar surface area (TPSA) is 44.0 Å². The van der Waals surface area contributed by atoms with Crippen LogP contribution in [0.1, 0.15) is 65.7 Å². The van der Waals surface area contributed by atoms with Crippen molar-refractivity contribution in [3.8, 4) is 6.07 Å². The molecule has 0 aliphatic heterocycles. The second kappa shape index (κ2) is 3.99. The van der Waals surface area contributed by atoms with E-state index >= 15 is 0 Å². The number of nitrogens with zero attached hydrogens (tertiary/aromatic N) is 1. The maximum absolute atomic E-state index is 11.0. The summed E-state index contributed by atoms with van der Waals surface area (Å²) in [7, 11) is 0. The third-order valence-corrected chi connectivity index (χ3v) is 5.29. The van der Waals surface area contributed by atoms with E-state index in [1.807, 2.05) is 0 Å². The molecule has 0 aromatic rings. The van der Waals surface area contributed by atoms with Crippen LogP contribution in [0.15, 0.2) is 0 Å². The van der Waals surface area contributed by atoms with E-state index < -0.39 is 11.0 Å². The molecule has 0 aromatic carbocycles. The van der Waals surface area contributed by atoms with Crippen molar-refractivity contribution in [2.24, 2.45) is 16.7 Å². The summed E-state index contributed by atoms with van der Waals surface area (Å²) < 4.78 is 0. The smallest absolute Gasteiger partial charge is 0.0863 e. The average molecular weight is 235 g/mol. The lowest BCUT2D eigenvalue weighted by molar-refractivity contribution is -0.0556. The van der Waals surface area contributed by atoms with Crippen LogP contribution in [-0.4, -0.2) is 10.7 Å². The molecular formula is C15H25NO. The molecule has 0 spiro atoms. The van der Waals surface area contributed by atoms with Gasteiger partial charge in [0.05, 0.1) is 17.1 Å². The fourth-order valence-corrected chi connectivity index (χ4v) is 4.05. The summed E-state index contributed by atoms with van der Waals surface area (Å²) in [6.45, 7) is 6.62. The first kappa shape index (κ1) is 12.9. The lowest BCUT2D eigenvalue weighted by atomic mass is 9.68. The zero-order chi connectivity index (χ0) is 12.7. The molecule has 0 bridgehead atoms. The highest BCUT2D eigenvalue weighted by molar-refractivity contribution is 5.17. The number of nitriles is 1. The van der Waals surface area contributed by atoms with Crippen LogP contribution in [0.5, 0.6) is 0 Å². The van der Waals surface area contributed by atoms with Crippen LogP contribution in [0.2, 0.25) is 0 Å². The highest BCUT2D eigenvalue weighted by Crippen LogP contribution is 2.58. The molecule has 0 amide bonds. The molecule has 2 aliphatic carbocycles. The van der Waals surface area contributed by atoms with Crippen molar-refractivity contribution in [2.45, 2.75) is 71.3 Å². The van der Waals surface area contributed by atoms with Crippen LogP contribution < -0.4 is 0 Å². The van der Waals surface area contributed by atoms with Gasteiger partial charge in [0.2, 0.25) is 0 Å². The molecule has 2 rings (SSSR count). The zero-order valence-corrected chi connectivity index (χ0v) is 11.4. The van der Waals surface area contributed by atoms with Gasteiger partial charge in [0.1, 0.15) is 0 Å². The van der Waals surface area contributed by atoms with E-state index in [2.05, 4.69) is 26.8 Å². The van der Waals surface area contributed by atoms with E-state index in [9.17, 15) is 10.4 Å². The van der Waals surface area contributed by atoms with Gasteiger partial charge in [0.15, 0.2) is 0 Å². The number of hydrogen-bond acceptors (Lipinski definition) is 2. The van der Waals surface area contributed by atoms with Crippen molar-refractivity contribution in [1.82, 2.24) is 0 Å². The summed E-state index contributed by atoms with van der Waals surface area (Å²) in [5, 5.41) is 20.6. The summed E-state index contributed by atoms with van der Waals surface area (Å²) in [6.07, 6.45) is 6.72. The summed E-state index contributed by atoms with van der Waals surface area (Å²) in [4.78, 5) is 0. The van der Waals surface area contributed by atoms with Crippen LogP contribution in [-0.2, 0) is 0 Å². The Bertz CT molecular complexity index is 343. The number of aliphatic hydroxyl groups is 1. The lowest BCUT2D eigenvalue weighted by Gasteiger charge is -2.38. The zero-order valence-electron chi connectivity index (χ0n) is 11.4. The Balaban J connectivity index is 2.23. The standard InChI is InChI=1S/C15H25NO/c1-4-12-5-6-14(9-12,11-16)15(17)8-7-13(2,3)10-15/h12,17H,4-10H2,1-3H3. The van der Waals surface area contributed by atoms with E-state index in [1.165, 1.54) is 0 Å². The predicted octanol–water partition coefficient (Wildman–Crippen LogP) is 3.65. The maximum atomic E-state index is 11.0. The SMILES string of the molecule is CCC1CCC(C#N)(C2(O)CCC(C)(C)C2)C1. The first-order chi connectivity index (χ1) is 7.86. The monoisotopic (exact) mass is 235 g/mol. The van der Waals surface area contributed by atoms with Gasteiger partial charge in [-0.3, -0.25) is 0 Å². The van der Waals surface area contributed by atoms with Crippen LogP contribution in [0.25, 0.3) is 0 Å². The Morgan fingerprint density at radius 3 is 2.41 bits per heavy atom. The quantitative estimate of drug-likeness (QED) is 0.794. The van der Waals surface area contributed by atoms with E-state index in [1.54, 1.807) is 0 Å². The van der Waals surface area contributed by atoms with Crippen LogP contribution in [0, 0.1) is 28.1 Å². The van der Waals surface area contributed by atoms with Gasteiger partial charge >= 0.3 is 0 Å². The minimum absolute atomic E-state index is 0.197. The van der Waals surface area contributed by atoms with Gasteiger partial charge < -0.3 is 5.11 Å². The van der Waals surface area contributed by atoms with Gasteiger partial charge in [0, 0.05) is 0 Å². The first-order valence-electron chi connectivity index (χ1n) is 7.00. The number of rotatable bonds is 2. The highest BCUT2D eigenvalue weighted by atomic mass is 16.3. The Morgan fingerprint density at radius 1 is 1.29 bits per heavy atom. The molecule has 0 saturated heterocycles. The number of hydrogen-bond donors (Lipinski definition) is 1. The Labute approximate surface area is 105 Å². The fourth-order valence-electron chi connectivity index (χ4n) is 4.05. The molecular weight excluding hydrogens is 210 g/mol. The van der Waals surface area contributed by atoms with Crippen molar-refractivity contribution >= 4 is 0 Å². The van der Waals surface area contributed by atoms with Gasteiger partial charge in [-0.2, -0.15) is 5.26 Å². The van der Waals surface area contributed by atoms with Crippen molar-refractivity contribution < 1.29 is 5.11 Å². The lowest BCUT2D eigenvalue weighted by Crippen LogP contribution is -2.44. The van der Waals surface area contributed by atoms with E-state index in [0.717, 1.165) is 44.9 Å². The second-order valence-electron chi connectivity index (χ2n) is 7.08. The predicted molar refractivity (Wildman–Crippen MR) is 68.3 cm³/mol. The minimum Gasteiger partial charge on any atom is -0.388 e. The summed E-state index contributed by atoms with van der Waals surface area (Å²) in [5.41, 5.74) is -0.987. The molecule has 0 heterocycles. The molecule has 2 aliphatic rings. The molecule has 17 heavy (non-hydrogen) atoms. The van der Waals surface area contributed by atoms with Crippen LogP contribution in [0.3, 0.4) is 0 Å². The van der Waals surface area contributed by atoms with Crippen molar-refractivity contribution in [3.05, 3.63) is 0 Å². The molecule has 2 fully saturated rings. The molecule has 0 radical (unpaired) electrons. The van der Waals surface area contributed by atoms with Gasteiger partial charge in [0.25, 0.3) is 0 Å². The fraction of sp³-hybridized carbons (Fsp3) is 0.933. The third kappa shape index (κ3) is 1.99. The first-order valence-corrected chi connectivity index (χ1v) is 7.00. The van der Waals surface area contributed by atoms with Crippen LogP contribution >= 0.6 is 0 Å². The molecule has 1 N–H and O–H groups in total. The van der Waals surface area contributed by atoms with Crippen LogP contribution in [0.4, 0.5) is 0 Å². The highest BCUT2D eigenvalue weighted by Gasteiger charge is 2.58. The summed E-state index contributed by atoms with van der Waals surface area (Å²) in [5.74, 6) is 0.641. The molecule has 96 valence electrons. The molecule has 3 atom stereocenters. The van der Waals surface area contributed by atoms with Crippen molar-refractivity contribution in [1.29, 1.82) is 5.26 Å².